The lowest BCUT2D eigenvalue weighted by Gasteiger charge is -2.11. The van der Waals surface area contributed by atoms with Crippen LogP contribution in [0.3, 0.4) is 0 Å². The van der Waals surface area contributed by atoms with Gasteiger partial charge in [0.1, 0.15) is 0 Å². The van der Waals surface area contributed by atoms with Gasteiger partial charge in [0, 0.05) is 21.3 Å². The fourth-order valence-electron chi connectivity index (χ4n) is 2.63. The minimum atomic E-state index is -3.50. The van der Waals surface area contributed by atoms with Crippen LogP contribution in [0.5, 0.6) is 0 Å². The van der Waals surface area contributed by atoms with E-state index in [1.807, 2.05) is 30.5 Å². The van der Waals surface area contributed by atoms with Crippen LogP contribution in [0.4, 0.5) is 0 Å². The van der Waals surface area contributed by atoms with Crippen molar-refractivity contribution in [2.45, 2.75) is 19.1 Å². The van der Waals surface area contributed by atoms with E-state index in [1.165, 1.54) is 11.3 Å². The Morgan fingerprint density at radius 3 is 2.00 bits per heavy atom. The zero-order chi connectivity index (χ0) is 19.4. The number of halogens is 2. The lowest BCUT2D eigenvalue weighted by Crippen LogP contribution is -2.10. The van der Waals surface area contributed by atoms with Crippen molar-refractivity contribution in [2.75, 3.05) is 0 Å². The number of aryl methyl sites for hydroxylation is 1. The normalized spacial score (nSPS) is 12.3. The quantitative estimate of drug-likeness (QED) is 0.438. The average Bonchev–Trinajstić information content (AvgIpc) is 3.03. The minimum absolute atomic E-state index is 0.0615. The highest BCUT2D eigenvalue weighted by Gasteiger charge is 2.20. The van der Waals surface area contributed by atoms with Crippen LogP contribution in [-0.2, 0) is 22.0 Å². The fraction of sp³-hybridized carbons (Fsp3) is 0.143. The van der Waals surface area contributed by atoms with Crippen LogP contribution >= 0.6 is 34.5 Å². The van der Waals surface area contributed by atoms with Crippen molar-refractivity contribution in [1.82, 2.24) is 0 Å². The summed E-state index contributed by atoms with van der Waals surface area (Å²) in [5.41, 5.74) is 2.68. The van der Waals surface area contributed by atoms with E-state index in [4.69, 9.17) is 23.2 Å². The molecule has 0 fully saturated rings. The number of rotatable bonds is 6. The van der Waals surface area contributed by atoms with E-state index in [0.29, 0.717) is 26.9 Å². The Morgan fingerprint density at radius 2 is 1.48 bits per heavy atom. The Labute approximate surface area is 174 Å². The Hall–Kier alpha value is -1.59. The molecule has 0 aliphatic carbocycles. The largest absolute Gasteiger partial charge is 0.224 e. The second-order valence-electron chi connectivity index (χ2n) is 6.27. The number of allylic oxidation sites excluding steroid dienone is 1. The monoisotopic (exact) mass is 436 g/mol. The first kappa shape index (κ1) is 20.2. The average molecular weight is 437 g/mol. The standard InChI is InChI=1S/C21H18Cl2O2S2/c1-15-10-11-26-21(15)13-20(12-16-2-6-18(22)7-3-16)27(24,25)14-17-4-8-19(23)9-5-17/h2-11,13H,12,14H2,1H3/b20-13+. The summed E-state index contributed by atoms with van der Waals surface area (Å²) < 4.78 is 26.3. The van der Waals surface area contributed by atoms with Crippen molar-refractivity contribution in [3.63, 3.8) is 0 Å². The molecule has 6 heteroatoms. The molecule has 0 atom stereocenters. The van der Waals surface area contributed by atoms with Crippen LogP contribution < -0.4 is 0 Å². The van der Waals surface area contributed by atoms with Gasteiger partial charge in [-0.25, -0.2) is 8.42 Å². The van der Waals surface area contributed by atoms with E-state index in [2.05, 4.69) is 0 Å². The van der Waals surface area contributed by atoms with Gasteiger partial charge in [-0.1, -0.05) is 47.5 Å². The topological polar surface area (TPSA) is 34.1 Å². The molecule has 0 unspecified atom stereocenters. The van der Waals surface area contributed by atoms with E-state index in [1.54, 1.807) is 42.5 Å². The first-order valence-electron chi connectivity index (χ1n) is 8.30. The van der Waals surface area contributed by atoms with Gasteiger partial charge < -0.3 is 0 Å². The van der Waals surface area contributed by atoms with E-state index in [-0.39, 0.29) is 5.75 Å². The predicted molar refractivity (Wildman–Crippen MR) is 116 cm³/mol. The second kappa shape index (κ2) is 8.61. The molecule has 0 saturated heterocycles. The molecule has 27 heavy (non-hydrogen) atoms. The maximum absolute atomic E-state index is 13.2. The van der Waals surface area contributed by atoms with Crippen molar-refractivity contribution in [3.05, 3.63) is 96.5 Å². The molecule has 1 heterocycles. The van der Waals surface area contributed by atoms with Crippen molar-refractivity contribution in [2.24, 2.45) is 0 Å². The Balaban J connectivity index is 1.97. The van der Waals surface area contributed by atoms with Gasteiger partial charge in [-0.05, 0) is 65.4 Å². The molecule has 0 amide bonds. The van der Waals surface area contributed by atoms with Crippen molar-refractivity contribution < 1.29 is 8.42 Å². The third-order valence-electron chi connectivity index (χ3n) is 4.15. The molecule has 0 saturated carbocycles. The number of benzene rings is 2. The van der Waals surface area contributed by atoms with Gasteiger partial charge >= 0.3 is 0 Å². The van der Waals surface area contributed by atoms with E-state index >= 15 is 0 Å². The predicted octanol–water partition coefficient (Wildman–Crippen LogP) is 6.56. The van der Waals surface area contributed by atoms with E-state index in [0.717, 1.165) is 16.0 Å². The van der Waals surface area contributed by atoms with Crippen LogP contribution in [0.25, 0.3) is 6.08 Å². The zero-order valence-corrected chi connectivity index (χ0v) is 17.8. The number of hydrogen-bond acceptors (Lipinski definition) is 3. The fourth-order valence-corrected chi connectivity index (χ4v) is 5.34. The van der Waals surface area contributed by atoms with Crippen LogP contribution in [0.1, 0.15) is 21.6 Å². The first-order valence-corrected chi connectivity index (χ1v) is 11.6. The molecule has 3 aromatic rings. The van der Waals surface area contributed by atoms with Crippen LogP contribution in [0, 0.1) is 6.92 Å². The molecular formula is C21H18Cl2O2S2. The molecule has 0 aliphatic heterocycles. The molecule has 140 valence electrons. The summed E-state index contributed by atoms with van der Waals surface area (Å²) in [4.78, 5) is 1.35. The van der Waals surface area contributed by atoms with E-state index < -0.39 is 9.84 Å². The summed E-state index contributed by atoms with van der Waals surface area (Å²) in [6, 6.07) is 16.2. The number of hydrogen-bond donors (Lipinski definition) is 0. The Morgan fingerprint density at radius 1 is 0.926 bits per heavy atom. The van der Waals surface area contributed by atoms with Crippen molar-refractivity contribution >= 4 is 50.5 Å². The summed E-state index contributed by atoms with van der Waals surface area (Å²) in [5.74, 6) is -0.0615. The molecule has 2 nitrogen and oxygen atoms in total. The van der Waals surface area contributed by atoms with Gasteiger partial charge in [0.25, 0.3) is 0 Å². The summed E-state index contributed by atoms with van der Waals surface area (Å²) in [7, 11) is -3.50. The Kier molecular flexibility index (Phi) is 6.43. The zero-order valence-electron chi connectivity index (χ0n) is 14.7. The highest BCUT2D eigenvalue weighted by Crippen LogP contribution is 2.26. The summed E-state index contributed by atoms with van der Waals surface area (Å²) in [6.45, 7) is 1.98. The summed E-state index contributed by atoms with van der Waals surface area (Å²) in [6.07, 6.45) is 2.12. The first-order chi connectivity index (χ1) is 12.8. The molecular weight excluding hydrogens is 419 g/mol. The maximum Gasteiger partial charge on any atom is 0.179 e. The number of thiophene rings is 1. The van der Waals surface area contributed by atoms with Gasteiger partial charge in [0.2, 0.25) is 0 Å². The lowest BCUT2D eigenvalue weighted by molar-refractivity contribution is 0.600. The van der Waals surface area contributed by atoms with Crippen LogP contribution in [0.2, 0.25) is 10.0 Å². The summed E-state index contributed by atoms with van der Waals surface area (Å²) >= 11 is 13.4. The van der Waals surface area contributed by atoms with Gasteiger partial charge in [-0.15, -0.1) is 11.3 Å². The SMILES string of the molecule is Cc1ccsc1/C=C(\Cc1ccc(Cl)cc1)S(=O)(=O)Cc1ccc(Cl)cc1. The molecule has 0 bridgehead atoms. The molecule has 1 aromatic heterocycles. The Bertz CT molecular complexity index is 1050. The van der Waals surface area contributed by atoms with Gasteiger partial charge in [0.05, 0.1) is 10.7 Å². The number of sulfone groups is 1. The molecule has 0 spiro atoms. The highest BCUT2D eigenvalue weighted by molar-refractivity contribution is 7.94. The minimum Gasteiger partial charge on any atom is -0.224 e. The van der Waals surface area contributed by atoms with Gasteiger partial charge in [-0.2, -0.15) is 0 Å². The van der Waals surface area contributed by atoms with Crippen LogP contribution in [0.15, 0.2) is 64.9 Å². The third kappa shape index (κ3) is 5.45. The molecule has 2 aromatic carbocycles. The third-order valence-corrected chi connectivity index (χ3v) is 7.40. The highest BCUT2D eigenvalue weighted by atomic mass is 35.5. The van der Waals surface area contributed by atoms with Crippen molar-refractivity contribution in [3.8, 4) is 0 Å². The maximum atomic E-state index is 13.2. The molecule has 0 radical (unpaired) electrons. The van der Waals surface area contributed by atoms with E-state index in [9.17, 15) is 8.42 Å². The second-order valence-corrected chi connectivity index (χ2v) is 10.1. The van der Waals surface area contributed by atoms with Gasteiger partial charge in [-0.3, -0.25) is 0 Å². The summed E-state index contributed by atoms with van der Waals surface area (Å²) in [5, 5.41) is 3.18. The lowest BCUT2D eigenvalue weighted by atomic mass is 10.1. The molecule has 0 aliphatic rings. The van der Waals surface area contributed by atoms with Crippen molar-refractivity contribution in [1.29, 1.82) is 0 Å². The molecule has 0 N–H and O–H groups in total. The van der Waals surface area contributed by atoms with Gasteiger partial charge in [0.15, 0.2) is 9.84 Å². The smallest absolute Gasteiger partial charge is 0.179 e. The molecule has 3 rings (SSSR count). The van der Waals surface area contributed by atoms with Crippen LogP contribution in [-0.4, -0.2) is 8.42 Å².